The number of hydrogen-bond donors (Lipinski definition) is 3. The number of aliphatic hydroxyl groups excluding tert-OH is 1. The molecule has 2 atom stereocenters. The van der Waals surface area contributed by atoms with Gasteiger partial charge in [-0.1, -0.05) is 49.8 Å². The summed E-state index contributed by atoms with van der Waals surface area (Å²) in [5.74, 6) is -0.431. The molecule has 1 saturated carbocycles. The van der Waals surface area contributed by atoms with E-state index in [-0.39, 0.29) is 6.42 Å². The second kappa shape index (κ2) is 12.5. The predicted molar refractivity (Wildman–Crippen MR) is 100 cm³/mol. The minimum absolute atomic E-state index is 0.217. The molecule has 0 amide bonds. The molecule has 0 aromatic heterocycles. The predicted octanol–water partition coefficient (Wildman–Crippen LogP) is 4.50. The maximum Gasteiger partial charge on any atom is 0.186 e. The van der Waals surface area contributed by atoms with Crippen LogP contribution in [0.1, 0.15) is 71.1 Å². The van der Waals surface area contributed by atoms with Gasteiger partial charge in [-0.05, 0) is 63.2 Å². The van der Waals surface area contributed by atoms with E-state index in [1.54, 1.807) is 0 Å². The number of aliphatic hydroxyl groups is 3. The lowest BCUT2D eigenvalue weighted by Gasteiger charge is -2.17. The van der Waals surface area contributed by atoms with Gasteiger partial charge in [0.15, 0.2) is 5.79 Å². The zero-order valence-corrected chi connectivity index (χ0v) is 15.2. The fourth-order valence-corrected chi connectivity index (χ4v) is 3.33. The highest BCUT2D eigenvalue weighted by atomic mass is 16.5. The van der Waals surface area contributed by atoms with Crippen LogP contribution >= 0.6 is 0 Å². The van der Waals surface area contributed by atoms with Gasteiger partial charge in [0.25, 0.3) is 0 Å². The van der Waals surface area contributed by atoms with Crippen LogP contribution in [-0.4, -0.2) is 27.7 Å². The first-order valence-electron chi connectivity index (χ1n) is 9.61. The Hall–Kier alpha value is -0.900. The van der Waals surface area contributed by atoms with E-state index in [4.69, 9.17) is 5.11 Å². The summed E-state index contributed by atoms with van der Waals surface area (Å²) in [7, 11) is 0. The molecule has 0 spiro atoms. The molecule has 0 saturated heterocycles. The Bertz CT molecular complexity index is 396. The van der Waals surface area contributed by atoms with Gasteiger partial charge in [0.05, 0.1) is 6.61 Å². The molecule has 0 unspecified atom stereocenters. The fourth-order valence-electron chi connectivity index (χ4n) is 3.33. The average molecular weight is 337 g/mol. The fraction of sp³-hybridized carbons (Fsp3) is 0.714. The molecule has 1 aliphatic rings. The Morgan fingerprint density at radius 2 is 1.71 bits per heavy atom. The number of unbranched alkanes of at least 4 members (excludes halogenated alkanes) is 2. The minimum Gasteiger partial charge on any atom is -0.391 e. The van der Waals surface area contributed by atoms with E-state index in [0.717, 1.165) is 43.9 Å². The number of hydrogen-bond acceptors (Lipinski definition) is 3. The Morgan fingerprint density at radius 3 is 2.46 bits per heavy atom. The second-order valence-corrected chi connectivity index (χ2v) is 6.98. The third-order valence-electron chi connectivity index (χ3n) is 4.81. The Kier molecular flexibility index (Phi) is 11.0. The van der Waals surface area contributed by atoms with E-state index in [9.17, 15) is 10.2 Å². The van der Waals surface area contributed by atoms with Crippen molar-refractivity contribution in [2.24, 2.45) is 11.8 Å². The normalized spacial score (nSPS) is 22.5. The summed E-state index contributed by atoms with van der Waals surface area (Å²) in [5.41, 5.74) is 0. The topological polar surface area (TPSA) is 60.7 Å². The van der Waals surface area contributed by atoms with Crippen molar-refractivity contribution in [1.29, 1.82) is 0 Å². The SMILES string of the molecule is CC/C=C/CC/C=C/[C@H]1CCC[C@@H]1C/C=C\CCCC(O)(O)CO. The van der Waals surface area contributed by atoms with Gasteiger partial charge in [-0.25, -0.2) is 0 Å². The molecule has 0 radical (unpaired) electrons. The van der Waals surface area contributed by atoms with Crippen LogP contribution in [-0.2, 0) is 0 Å². The average Bonchev–Trinajstić information content (AvgIpc) is 3.01. The zero-order chi connectivity index (χ0) is 17.7. The largest absolute Gasteiger partial charge is 0.391 e. The molecule has 138 valence electrons. The van der Waals surface area contributed by atoms with Gasteiger partial charge in [-0.15, -0.1) is 0 Å². The Labute approximate surface area is 147 Å². The van der Waals surface area contributed by atoms with Crippen LogP contribution in [0.2, 0.25) is 0 Å². The monoisotopic (exact) mass is 336 g/mol. The van der Waals surface area contributed by atoms with Crippen molar-refractivity contribution in [2.45, 2.75) is 76.9 Å². The van der Waals surface area contributed by atoms with Crippen LogP contribution in [0.3, 0.4) is 0 Å². The van der Waals surface area contributed by atoms with Crippen molar-refractivity contribution < 1.29 is 15.3 Å². The van der Waals surface area contributed by atoms with Crippen LogP contribution in [0.15, 0.2) is 36.5 Å². The second-order valence-electron chi connectivity index (χ2n) is 6.98. The molecular weight excluding hydrogens is 300 g/mol. The first kappa shape index (κ1) is 21.1. The molecule has 24 heavy (non-hydrogen) atoms. The first-order valence-corrected chi connectivity index (χ1v) is 9.61. The summed E-state index contributed by atoms with van der Waals surface area (Å²) in [6.07, 6.45) is 23.9. The van der Waals surface area contributed by atoms with Crippen molar-refractivity contribution in [3.63, 3.8) is 0 Å². The molecule has 0 aromatic carbocycles. The molecule has 0 bridgehead atoms. The van der Waals surface area contributed by atoms with Gasteiger partial charge in [-0.2, -0.15) is 0 Å². The summed E-state index contributed by atoms with van der Waals surface area (Å²) in [6, 6.07) is 0. The van der Waals surface area contributed by atoms with Crippen LogP contribution in [0.5, 0.6) is 0 Å². The molecule has 3 heteroatoms. The van der Waals surface area contributed by atoms with Gasteiger partial charge in [0.1, 0.15) is 0 Å². The molecule has 0 heterocycles. The molecular formula is C21H36O3. The van der Waals surface area contributed by atoms with E-state index < -0.39 is 12.4 Å². The zero-order valence-electron chi connectivity index (χ0n) is 15.2. The van der Waals surface area contributed by atoms with Crippen LogP contribution in [0.25, 0.3) is 0 Å². The van der Waals surface area contributed by atoms with Gasteiger partial charge in [0, 0.05) is 6.42 Å². The molecule has 3 N–H and O–H groups in total. The highest BCUT2D eigenvalue weighted by Gasteiger charge is 2.23. The molecule has 0 aromatic rings. The van der Waals surface area contributed by atoms with Crippen molar-refractivity contribution >= 4 is 0 Å². The summed E-state index contributed by atoms with van der Waals surface area (Å²) in [4.78, 5) is 0. The lowest BCUT2D eigenvalue weighted by Crippen LogP contribution is -2.32. The molecule has 1 fully saturated rings. The lowest BCUT2D eigenvalue weighted by molar-refractivity contribution is -0.191. The van der Waals surface area contributed by atoms with E-state index in [1.165, 1.54) is 19.3 Å². The highest BCUT2D eigenvalue weighted by Crippen LogP contribution is 2.35. The van der Waals surface area contributed by atoms with Gasteiger partial charge < -0.3 is 15.3 Å². The molecule has 1 aliphatic carbocycles. The van der Waals surface area contributed by atoms with E-state index in [0.29, 0.717) is 6.42 Å². The molecule has 1 rings (SSSR count). The maximum absolute atomic E-state index is 9.31. The number of allylic oxidation sites excluding steroid dienone is 6. The minimum atomic E-state index is -1.92. The molecule has 0 aliphatic heterocycles. The van der Waals surface area contributed by atoms with E-state index in [2.05, 4.69) is 43.4 Å². The summed E-state index contributed by atoms with van der Waals surface area (Å²) < 4.78 is 0. The van der Waals surface area contributed by atoms with E-state index >= 15 is 0 Å². The number of rotatable bonds is 12. The summed E-state index contributed by atoms with van der Waals surface area (Å²) in [5, 5.41) is 27.4. The third-order valence-corrected chi connectivity index (χ3v) is 4.81. The quantitative estimate of drug-likeness (QED) is 0.279. The van der Waals surface area contributed by atoms with Crippen molar-refractivity contribution in [1.82, 2.24) is 0 Å². The van der Waals surface area contributed by atoms with Crippen molar-refractivity contribution in [3.05, 3.63) is 36.5 Å². The standard InChI is InChI=1S/C21H36O3/c1-2-3-4-5-6-9-13-19-15-12-16-20(19)14-10-7-8-11-17-21(23,24)18-22/h3-4,7,9-10,13,19-20,22-24H,2,5-6,8,11-12,14-18H2,1H3/b4-3+,10-7-,13-9+/t19-,20-/m0/s1. The summed E-state index contributed by atoms with van der Waals surface area (Å²) >= 11 is 0. The third kappa shape index (κ3) is 9.41. The van der Waals surface area contributed by atoms with E-state index in [1.807, 2.05) is 0 Å². The Morgan fingerprint density at radius 1 is 0.958 bits per heavy atom. The smallest absolute Gasteiger partial charge is 0.186 e. The van der Waals surface area contributed by atoms with Gasteiger partial charge in [0.2, 0.25) is 0 Å². The van der Waals surface area contributed by atoms with Crippen LogP contribution in [0, 0.1) is 11.8 Å². The highest BCUT2D eigenvalue weighted by molar-refractivity contribution is 4.98. The summed E-state index contributed by atoms with van der Waals surface area (Å²) in [6.45, 7) is 1.57. The van der Waals surface area contributed by atoms with Crippen molar-refractivity contribution in [2.75, 3.05) is 6.61 Å². The molecule has 3 nitrogen and oxygen atoms in total. The maximum atomic E-state index is 9.31. The van der Waals surface area contributed by atoms with Crippen molar-refractivity contribution in [3.8, 4) is 0 Å². The Balaban J connectivity index is 2.20. The van der Waals surface area contributed by atoms with Crippen LogP contribution in [0.4, 0.5) is 0 Å². The lowest BCUT2D eigenvalue weighted by atomic mass is 9.92. The first-order chi connectivity index (χ1) is 11.6. The van der Waals surface area contributed by atoms with Gasteiger partial charge in [-0.3, -0.25) is 0 Å². The van der Waals surface area contributed by atoms with Gasteiger partial charge >= 0.3 is 0 Å². The van der Waals surface area contributed by atoms with Crippen LogP contribution < -0.4 is 0 Å².